The number of nitrogens with zero attached hydrogens (tertiary/aromatic N) is 2. The summed E-state index contributed by atoms with van der Waals surface area (Å²) < 4.78 is 10.8. The molecular formula is C25H31N3O5. The van der Waals surface area contributed by atoms with E-state index in [0.29, 0.717) is 48.7 Å². The molecule has 1 fully saturated rings. The number of hydrogen-bond donors (Lipinski definition) is 1. The Morgan fingerprint density at radius 2 is 1.61 bits per heavy atom. The number of ether oxygens (including phenoxy) is 2. The zero-order valence-corrected chi connectivity index (χ0v) is 19.6. The topological polar surface area (TPSA) is 88.2 Å². The Hall–Kier alpha value is -3.55. The van der Waals surface area contributed by atoms with Crippen LogP contribution in [0.3, 0.4) is 0 Å². The second kappa shape index (κ2) is 10.8. The van der Waals surface area contributed by atoms with Crippen molar-refractivity contribution in [2.24, 2.45) is 0 Å². The normalized spacial score (nSPS) is 13.6. The third-order valence-corrected chi connectivity index (χ3v) is 5.31. The average molecular weight is 454 g/mol. The zero-order valence-electron chi connectivity index (χ0n) is 19.6. The maximum atomic E-state index is 13.0. The minimum Gasteiger partial charge on any atom is -0.491 e. The Balaban J connectivity index is 1.84. The number of hydrogen-bond acceptors (Lipinski definition) is 6. The molecular weight excluding hydrogens is 422 g/mol. The number of benzene rings is 2. The molecule has 1 N–H and O–H groups in total. The van der Waals surface area contributed by atoms with Crippen molar-refractivity contribution in [3.63, 3.8) is 0 Å². The molecule has 2 amide bonds. The molecule has 1 aliphatic rings. The van der Waals surface area contributed by atoms with E-state index in [2.05, 4.69) is 10.2 Å². The Morgan fingerprint density at radius 3 is 2.18 bits per heavy atom. The monoisotopic (exact) mass is 453 g/mol. The lowest BCUT2D eigenvalue weighted by Gasteiger charge is -2.36. The predicted molar refractivity (Wildman–Crippen MR) is 127 cm³/mol. The number of amides is 2. The highest BCUT2D eigenvalue weighted by Gasteiger charge is 2.22. The molecule has 3 rings (SSSR count). The largest absolute Gasteiger partial charge is 0.491 e. The maximum absolute atomic E-state index is 13.0. The number of piperazine rings is 1. The average Bonchev–Trinajstić information content (AvgIpc) is 2.79. The van der Waals surface area contributed by atoms with E-state index >= 15 is 0 Å². The molecule has 0 aliphatic carbocycles. The van der Waals surface area contributed by atoms with Gasteiger partial charge in [0.15, 0.2) is 0 Å². The molecule has 0 bridgehead atoms. The van der Waals surface area contributed by atoms with Gasteiger partial charge in [-0.3, -0.25) is 9.59 Å². The third kappa shape index (κ3) is 6.25. The van der Waals surface area contributed by atoms with E-state index in [1.54, 1.807) is 55.1 Å². The zero-order chi connectivity index (χ0) is 24.0. The second-order valence-electron chi connectivity index (χ2n) is 8.09. The first-order chi connectivity index (χ1) is 15.8. The summed E-state index contributed by atoms with van der Waals surface area (Å²) >= 11 is 0. The number of nitrogens with one attached hydrogen (secondary N) is 1. The van der Waals surface area contributed by atoms with Crippen LogP contribution in [0.4, 0.5) is 11.4 Å². The van der Waals surface area contributed by atoms with Gasteiger partial charge in [0, 0.05) is 38.7 Å². The van der Waals surface area contributed by atoms with Gasteiger partial charge in [-0.2, -0.15) is 0 Å². The fraction of sp³-hybridized carbons (Fsp3) is 0.400. The van der Waals surface area contributed by atoms with Gasteiger partial charge in [-0.25, -0.2) is 4.79 Å². The van der Waals surface area contributed by atoms with Gasteiger partial charge in [0.2, 0.25) is 5.91 Å². The summed E-state index contributed by atoms with van der Waals surface area (Å²) in [5.41, 5.74) is 2.14. The highest BCUT2D eigenvalue weighted by Crippen LogP contribution is 2.29. The van der Waals surface area contributed by atoms with Crippen molar-refractivity contribution >= 4 is 29.2 Å². The third-order valence-electron chi connectivity index (χ3n) is 5.31. The molecule has 0 unspecified atom stereocenters. The summed E-state index contributed by atoms with van der Waals surface area (Å²) in [4.78, 5) is 40.8. The van der Waals surface area contributed by atoms with E-state index in [-0.39, 0.29) is 24.5 Å². The Kier molecular flexibility index (Phi) is 7.92. The Bertz CT molecular complexity index is 996. The van der Waals surface area contributed by atoms with Gasteiger partial charge in [-0.05, 0) is 63.2 Å². The second-order valence-corrected chi connectivity index (χ2v) is 8.09. The van der Waals surface area contributed by atoms with Crippen LogP contribution in [-0.2, 0) is 9.53 Å². The van der Waals surface area contributed by atoms with E-state index in [1.807, 2.05) is 19.9 Å². The summed E-state index contributed by atoms with van der Waals surface area (Å²) in [6.45, 7) is 9.90. The van der Waals surface area contributed by atoms with Crippen molar-refractivity contribution in [1.82, 2.24) is 4.90 Å². The summed E-state index contributed by atoms with van der Waals surface area (Å²) in [6.07, 6.45) is 0.0429. The maximum Gasteiger partial charge on any atom is 0.338 e. The predicted octanol–water partition coefficient (Wildman–Crippen LogP) is 3.57. The van der Waals surface area contributed by atoms with Crippen molar-refractivity contribution in [3.05, 3.63) is 53.6 Å². The van der Waals surface area contributed by atoms with E-state index in [1.165, 1.54) is 0 Å². The SMILES string of the molecule is CCOC(=O)c1ccc(N2CCN(C(C)=O)CC2)c(NC(=O)c2ccc(OC(C)C)cc2)c1. The van der Waals surface area contributed by atoms with Gasteiger partial charge < -0.3 is 24.6 Å². The molecule has 33 heavy (non-hydrogen) atoms. The Morgan fingerprint density at radius 1 is 0.970 bits per heavy atom. The lowest BCUT2D eigenvalue weighted by molar-refractivity contribution is -0.129. The standard InChI is InChI=1S/C25H31N3O5/c1-5-32-25(31)20-8-11-23(28-14-12-27(13-15-28)18(4)29)22(16-20)26-24(30)19-6-9-21(10-7-19)33-17(2)3/h6-11,16-17H,5,12-15H2,1-4H3,(H,26,30). The van der Waals surface area contributed by atoms with Crippen LogP contribution in [0.5, 0.6) is 5.75 Å². The van der Waals surface area contributed by atoms with Crippen LogP contribution in [0.2, 0.25) is 0 Å². The van der Waals surface area contributed by atoms with Crippen LogP contribution in [0, 0.1) is 0 Å². The minimum atomic E-state index is -0.448. The van der Waals surface area contributed by atoms with Gasteiger partial charge in [-0.1, -0.05) is 0 Å². The summed E-state index contributed by atoms with van der Waals surface area (Å²) in [7, 11) is 0. The molecule has 2 aromatic rings. The molecule has 8 nitrogen and oxygen atoms in total. The molecule has 0 radical (unpaired) electrons. The highest BCUT2D eigenvalue weighted by molar-refractivity contribution is 6.07. The van der Waals surface area contributed by atoms with E-state index < -0.39 is 5.97 Å². The van der Waals surface area contributed by atoms with Crippen LogP contribution in [0.15, 0.2) is 42.5 Å². The van der Waals surface area contributed by atoms with Crippen molar-refractivity contribution in [2.75, 3.05) is 43.0 Å². The lowest BCUT2D eigenvalue weighted by atomic mass is 10.1. The van der Waals surface area contributed by atoms with Gasteiger partial charge in [-0.15, -0.1) is 0 Å². The molecule has 0 spiro atoms. The van der Waals surface area contributed by atoms with Crippen molar-refractivity contribution in [1.29, 1.82) is 0 Å². The molecule has 1 heterocycles. The number of anilines is 2. The smallest absolute Gasteiger partial charge is 0.338 e. The van der Waals surface area contributed by atoms with Crippen LogP contribution >= 0.6 is 0 Å². The number of rotatable bonds is 7. The quantitative estimate of drug-likeness (QED) is 0.645. The minimum absolute atomic E-state index is 0.0429. The molecule has 2 aromatic carbocycles. The fourth-order valence-electron chi connectivity index (χ4n) is 3.67. The van der Waals surface area contributed by atoms with Gasteiger partial charge in [0.25, 0.3) is 5.91 Å². The molecule has 8 heteroatoms. The van der Waals surface area contributed by atoms with E-state index in [0.717, 1.165) is 5.69 Å². The van der Waals surface area contributed by atoms with Crippen molar-refractivity contribution in [3.8, 4) is 5.75 Å². The fourth-order valence-corrected chi connectivity index (χ4v) is 3.67. The first kappa shape index (κ1) is 24.1. The molecule has 1 aliphatic heterocycles. The van der Waals surface area contributed by atoms with E-state index in [9.17, 15) is 14.4 Å². The van der Waals surface area contributed by atoms with Crippen LogP contribution < -0.4 is 15.0 Å². The lowest BCUT2D eigenvalue weighted by Crippen LogP contribution is -2.48. The molecule has 0 atom stereocenters. The first-order valence-electron chi connectivity index (χ1n) is 11.2. The summed E-state index contributed by atoms with van der Waals surface area (Å²) in [6, 6.07) is 12.1. The first-order valence-corrected chi connectivity index (χ1v) is 11.2. The van der Waals surface area contributed by atoms with Gasteiger partial charge >= 0.3 is 5.97 Å². The number of esters is 1. The van der Waals surface area contributed by atoms with Crippen LogP contribution in [-0.4, -0.2) is 61.6 Å². The van der Waals surface area contributed by atoms with Gasteiger partial charge in [0.05, 0.1) is 29.6 Å². The summed E-state index contributed by atoms with van der Waals surface area (Å²) in [5.74, 6) is -0.00696. The molecule has 0 saturated carbocycles. The van der Waals surface area contributed by atoms with E-state index in [4.69, 9.17) is 9.47 Å². The van der Waals surface area contributed by atoms with Crippen LogP contribution in [0.25, 0.3) is 0 Å². The van der Waals surface area contributed by atoms with Crippen LogP contribution in [0.1, 0.15) is 48.4 Å². The molecule has 1 saturated heterocycles. The molecule has 176 valence electrons. The Labute approximate surface area is 194 Å². The van der Waals surface area contributed by atoms with Gasteiger partial charge in [0.1, 0.15) is 5.75 Å². The number of carbonyl (C=O) groups excluding carboxylic acids is 3. The van der Waals surface area contributed by atoms with Crippen molar-refractivity contribution < 1.29 is 23.9 Å². The van der Waals surface area contributed by atoms with Crippen molar-refractivity contribution in [2.45, 2.75) is 33.8 Å². The number of carbonyl (C=O) groups is 3. The highest BCUT2D eigenvalue weighted by atomic mass is 16.5. The summed E-state index contributed by atoms with van der Waals surface area (Å²) in [5, 5.41) is 2.95. The molecule has 0 aromatic heterocycles.